The van der Waals surface area contributed by atoms with Crippen LogP contribution in [0.25, 0.3) is 6.08 Å². The minimum atomic E-state index is -1.02. The molecule has 5 heteroatoms. The third kappa shape index (κ3) is 5.17. The van der Waals surface area contributed by atoms with Gasteiger partial charge >= 0.3 is 5.97 Å². The largest absolute Gasteiger partial charge is 0.480 e. The van der Waals surface area contributed by atoms with Gasteiger partial charge < -0.3 is 10.0 Å². The number of benzene rings is 1. The third-order valence-corrected chi connectivity index (χ3v) is 3.19. The van der Waals surface area contributed by atoms with Gasteiger partial charge in [-0.15, -0.1) is 0 Å². The Hall–Kier alpha value is -1.62. The van der Waals surface area contributed by atoms with Crippen LogP contribution in [0.15, 0.2) is 34.8 Å². The highest BCUT2D eigenvalue weighted by Crippen LogP contribution is 2.15. The molecule has 0 unspecified atom stereocenters. The van der Waals surface area contributed by atoms with E-state index >= 15 is 0 Å². The first kappa shape index (κ1) is 16.4. The van der Waals surface area contributed by atoms with Crippen LogP contribution in [-0.2, 0) is 9.59 Å². The van der Waals surface area contributed by atoms with Crippen LogP contribution in [0.4, 0.5) is 0 Å². The van der Waals surface area contributed by atoms with Crippen LogP contribution < -0.4 is 0 Å². The fraction of sp³-hybridized carbons (Fsp3) is 0.333. The predicted octanol–water partition coefficient (Wildman–Crippen LogP) is 3.17. The SMILES string of the molecule is CC(C)(C)N(CC(=O)O)C(=O)C=Cc1ccc(Br)cc1. The van der Waals surface area contributed by atoms with Crippen molar-refractivity contribution in [3.63, 3.8) is 0 Å². The molecule has 1 N–H and O–H groups in total. The second kappa shape index (κ2) is 6.70. The summed E-state index contributed by atoms with van der Waals surface area (Å²) < 4.78 is 0.961. The van der Waals surface area contributed by atoms with Gasteiger partial charge in [0.2, 0.25) is 5.91 Å². The summed E-state index contributed by atoms with van der Waals surface area (Å²) in [5.41, 5.74) is 0.338. The standard InChI is InChI=1S/C15H18BrNO3/c1-15(2,3)17(10-14(19)20)13(18)9-6-11-4-7-12(16)8-5-11/h4-9H,10H2,1-3H3,(H,19,20). The fourth-order valence-electron chi connectivity index (χ4n) is 1.61. The zero-order chi connectivity index (χ0) is 15.3. The first-order valence-corrected chi connectivity index (χ1v) is 6.96. The van der Waals surface area contributed by atoms with Crippen LogP contribution in [0.5, 0.6) is 0 Å². The molecule has 0 fully saturated rings. The Morgan fingerprint density at radius 3 is 2.25 bits per heavy atom. The maximum Gasteiger partial charge on any atom is 0.323 e. The highest BCUT2D eigenvalue weighted by Gasteiger charge is 2.26. The van der Waals surface area contributed by atoms with Gasteiger partial charge in [0.15, 0.2) is 0 Å². The summed E-state index contributed by atoms with van der Waals surface area (Å²) >= 11 is 3.34. The molecule has 0 aliphatic heterocycles. The normalized spacial score (nSPS) is 11.6. The highest BCUT2D eigenvalue weighted by atomic mass is 79.9. The average molecular weight is 340 g/mol. The minimum Gasteiger partial charge on any atom is -0.480 e. The van der Waals surface area contributed by atoms with E-state index in [2.05, 4.69) is 15.9 Å². The van der Waals surface area contributed by atoms with E-state index in [0.29, 0.717) is 0 Å². The van der Waals surface area contributed by atoms with E-state index in [1.807, 2.05) is 24.3 Å². The first-order valence-electron chi connectivity index (χ1n) is 6.17. The Kier molecular flexibility index (Phi) is 5.51. The number of aliphatic carboxylic acids is 1. The molecule has 0 radical (unpaired) electrons. The van der Waals surface area contributed by atoms with Gasteiger partial charge in [0.05, 0.1) is 0 Å². The number of carboxylic acid groups (broad SMARTS) is 1. The van der Waals surface area contributed by atoms with E-state index in [0.717, 1.165) is 10.0 Å². The minimum absolute atomic E-state index is 0.312. The molecule has 1 aromatic rings. The van der Waals surface area contributed by atoms with Crippen molar-refractivity contribution >= 4 is 33.9 Å². The van der Waals surface area contributed by atoms with Gasteiger partial charge in [-0.1, -0.05) is 28.1 Å². The second-order valence-electron chi connectivity index (χ2n) is 5.37. The average Bonchev–Trinajstić information content (AvgIpc) is 2.33. The maximum atomic E-state index is 12.1. The molecular weight excluding hydrogens is 322 g/mol. The molecule has 0 heterocycles. The van der Waals surface area contributed by atoms with Gasteiger partial charge in [0.25, 0.3) is 0 Å². The number of carboxylic acids is 1. The van der Waals surface area contributed by atoms with Crippen LogP contribution in [0.1, 0.15) is 26.3 Å². The van der Waals surface area contributed by atoms with Gasteiger partial charge in [0, 0.05) is 16.1 Å². The van der Waals surface area contributed by atoms with Crippen molar-refractivity contribution in [2.75, 3.05) is 6.54 Å². The molecule has 0 atom stereocenters. The topological polar surface area (TPSA) is 57.6 Å². The maximum absolute atomic E-state index is 12.1. The van der Waals surface area contributed by atoms with Crippen molar-refractivity contribution in [1.29, 1.82) is 0 Å². The summed E-state index contributed by atoms with van der Waals surface area (Å²) in [5, 5.41) is 8.89. The Morgan fingerprint density at radius 2 is 1.80 bits per heavy atom. The zero-order valence-corrected chi connectivity index (χ0v) is 13.3. The molecule has 1 rings (SSSR count). The van der Waals surface area contributed by atoms with Gasteiger partial charge in [-0.2, -0.15) is 0 Å². The molecule has 4 nitrogen and oxygen atoms in total. The molecular formula is C15H18BrNO3. The molecule has 0 spiro atoms. The quantitative estimate of drug-likeness (QED) is 0.857. The fourth-order valence-corrected chi connectivity index (χ4v) is 1.88. The number of nitrogens with zero attached hydrogens (tertiary/aromatic N) is 1. The zero-order valence-electron chi connectivity index (χ0n) is 11.8. The lowest BCUT2D eigenvalue weighted by Crippen LogP contribution is -2.47. The van der Waals surface area contributed by atoms with Crippen molar-refractivity contribution in [2.45, 2.75) is 26.3 Å². The van der Waals surface area contributed by atoms with E-state index in [-0.39, 0.29) is 12.5 Å². The van der Waals surface area contributed by atoms with Crippen molar-refractivity contribution < 1.29 is 14.7 Å². The lowest BCUT2D eigenvalue weighted by atomic mass is 10.1. The number of hydrogen-bond acceptors (Lipinski definition) is 2. The number of halogens is 1. The van der Waals surface area contributed by atoms with Crippen LogP contribution in [0.3, 0.4) is 0 Å². The van der Waals surface area contributed by atoms with Crippen molar-refractivity contribution in [3.8, 4) is 0 Å². The summed E-state index contributed by atoms with van der Waals surface area (Å²) in [6.45, 7) is 5.11. The van der Waals surface area contributed by atoms with Gasteiger partial charge in [0.1, 0.15) is 6.54 Å². The summed E-state index contributed by atoms with van der Waals surface area (Å²) in [6, 6.07) is 7.49. The summed E-state index contributed by atoms with van der Waals surface area (Å²) in [6.07, 6.45) is 3.08. The predicted molar refractivity (Wildman–Crippen MR) is 82.3 cm³/mol. The molecule has 0 aliphatic rings. The summed E-state index contributed by atoms with van der Waals surface area (Å²) in [5.74, 6) is -1.34. The molecule has 0 bridgehead atoms. The molecule has 1 aromatic carbocycles. The van der Waals surface area contributed by atoms with Crippen LogP contribution in [0, 0.1) is 0 Å². The summed E-state index contributed by atoms with van der Waals surface area (Å²) in [4.78, 5) is 24.3. The number of rotatable bonds is 4. The van der Waals surface area contributed by atoms with Crippen molar-refractivity contribution in [3.05, 3.63) is 40.4 Å². The number of carbonyl (C=O) groups excluding carboxylic acids is 1. The smallest absolute Gasteiger partial charge is 0.323 e. The molecule has 1 amide bonds. The number of hydrogen-bond donors (Lipinski definition) is 1. The molecule has 0 saturated carbocycles. The van der Waals surface area contributed by atoms with Crippen LogP contribution in [0.2, 0.25) is 0 Å². The Balaban J connectivity index is 2.85. The van der Waals surface area contributed by atoms with Crippen LogP contribution in [-0.4, -0.2) is 34.0 Å². The van der Waals surface area contributed by atoms with Crippen molar-refractivity contribution in [1.82, 2.24) is 4.90 Å². The molecule has 0 saturated heterocycles. The second-order valence-corrected chi connectivity index (χ2v) is 6.29. The molecule has 108 valence electrons. The van der Waals surface area contributed by atoms with E-state index in [9.17, 15) is 9.59 Å². The first-order chi connectivity index (χ1) is 9.20. The molecule has 0 aromatic heterocycles. The van der Waals surface area contributed by atoms with Crippen molar-refractivity contribution in [2.24, 2.45) is 0 Å². The van der Waals surface area contributed by atoms with Gasteiger partial charge in [-0.05, 0) is 44.5 Å². The Bertz CT molecular complexity index is 515. The number of carbonyl (C=O) groups is 2. The lowest BCUT2D eigenvalue weighted by molar-refractivity contribution is -0.145. The van der Waals surface area contributed by atoms with E-state index in [1.54, 1.807) is 26.8 Å². The molecule has 0 aliphatic carbocycles. The third-order valence-electron chi connectivity index (χ3n) is 2.66. The summed E-state index contributed by atoms with van der Waals surface area (Å²) in [7, 11) is 0. The number of amides is 1. The molecule has 20 heavy (non-hydrogen) atoms. The lowest BCUT2D eigenvalue weighted by Gasteiger charge is -2.33. The Morgan fingerprint density at radius 1 is 1.25 bits per heavy atom. The monoisotopic (exact) mass is 339 g/mol. The van der Waals surface area contributed by atoms with Gasteiger partial charge in [-0.3, -0.25) is 9.59 Å². The van der Waals surface area contributed by atoms with E-state index in [1.165, 1.54) is 11.0 Å². The van der Waals surface area contributed by atoms with Gasteiger partial charge in [-0.25, -0.2) is 0 Å². The highest BCUT2D eigenvalue weighted by molar-refractivity contribution is 9.10. The van der Waals surface area contributed by atoms with Crippen LogP contribution >= 0.6 is 15.9 Å². The van der Waals surface area contributed by atoms with E-state index < -0.39 is 11.5 Å². The van der Waals surface area contributed by atoms with E-state index in [4.69, 9.17) is 5.11 Å². The Labute approximate surface area is 127 Å².